The molecule has 90 valence electrons. The highest BCUT2D eigenvalue weighted by molar-refractivity contribution is 5.77. The Morgan fingerprint density at radius 3 is 2.76 bits per heavy atom. The van der Waals surface area contributed by atoms with Gasteiger partial charge in [-0.05, 0) is 49.4 Å². The summed E-state index contributed by atoms with van der Waals surface area (Å²) in [6.45, 7) is 4.24. The summed E-state index contributed by atoms with van der Waals surface area (Å²) in [7, 11) is 0. The highest BCUT2D eigenvalue weighted by Crippen LogP contribution is 2.36. The number of imidazole rings is 1. The lowest BCUT2D eigenvalue weighted by molar-refractivity contribution is 0.574. The average Bonchev–Trinajstić information content (AvgIpc) is 2.99. The number of hydrogen-bond donors (Lipinski definition) is 2. The molecule has 0 spiro atoms. The molecule has 0 saturated heterocycles. The Kier molecular flexibility index (Phi) is 2.44. The molecule has 2 aromatic rings. The van der Waals surface area contributed by atoms with Gasteiger partial charge >= 0.3 is 0 Å². The number of benzene rings is 1. The third kappa shape index (κ3) is 2.07. The molecule has 1 saturated carbocycles. The second kappa shape index (κ2) is 3.84. The third-order valence-corrected chi connectivity index (χ3v) is 3.75. The first kappa shape index (κ1) is 10.8. The summed E-state index contributed by atoms with van der Waals surface area (Å²) in [5.41, 5.74) is 10.9. The van der Waals surface area contributed by atoms with Crippen molar-refractivity contribution in [3.63, 3.8) is 0 Å². The standard InChI is InChI=1S/C14H19N3/c1-8-5-12-13(6-9(8)2)17-14(16-12)11(15)7-10-3-4-10/h5-6,10-11H,3-4,7,15H2,1-2H3,(H,16,17). The Morgan fingerprint density at radius 2 is 2.06 bits per heavy atom. The molecule has 1 aliphatic rings. The lowest BCUT2D eigenvalue weighted by Gasteiger charge is -2.06. The summed E-state index contributed by atoms with van der Waals surface area (Å²) >= 11 is 0. The van der Waals surface area contributed by atoms with Gasteiger partial charge in [-0.25, -0.2) is 4.98 Å². The van der Waals surface area contributed by atoms with E-state index in [1.165, 1.54) is 24.0 Å². The Balaban J connectivity index is 1.94. The molecule has 1 aliphatic carbocycles. The second-order valence-electron chi connectivity index (χ2n) is 5.36. The van der Waals surface area contributed by atoms with Gasteiger partial charge < -0.3 is 10.7 Å². The summed E-state index contributed by atoms with van der Waals surface area (Å²) in [5, 5.41) is 0. The molecule has 3 rings (SSSR count). The van der Waals surface area contributed by atoms with Crippen LogP contribution in [-0.4, -0.2) is 9.97 Å². The van der Waals surface area contributed by atoms with Gasteiger partial charge in [0.05, 0.1) is 17.1 Å². The number of fused-ring (bicyclic) bond motifs is 1. The SMILES string of the molecule is Cc1cc2nc(C(N)CC3CC3)[nH]c2cc1C. The zero-order chi connectivity index (χ0) is 12.0. The van der Waals surface area contributed by atoms with E-state index in [1.54, 1.807) is 0 Å². The van der Waals surface area contributed by atoms with Gasteiger partial charge in [-0.3, -0.25) is 0 Å². The molecule has 1 aromatic carbocycles. The summed E-state index contributed by atoms with van der Waals surface area (Å²) in [5.74, 6) is 1.78. The zero-order valence-corrected chi connectivity index (χ0v) is 10.5. The lowest BCUT2D eigenvalue weighted by Crippen LogP contribution is -2.12. The first-order valence-electron chi connectivity index (χ1n) is 6.36. The molecule has 17 heavy (non-hydrogen) atoms. The van der Waals surface area contributed by atoms with E-state index >= 15 is 0 Å². The minimum Gasteiger partial charge on any atom is -0.341 e. The van der Waals surface area contributed by atoms with Crippen LogP contribution in [0.5, 0.6) is 0 Å². The molecule has 3 N–H and O–H groups in total. The molecular weight excluding hydrogens is 210 g/mol. The van der Waals surface area contributed by atoms with Crippen molar-refractivity contribution in [1.82, 2.24) is 9.97 Å². The van der Waals surface area contributed by atoms with Crippen LogP contribution in [0.4, 0.5) is 0 Å². The van der Waals surface area contributed by atoms with Gasteiger partial charge in [0, 0.05) is 0 Å². The maximum Gasteiger partial charge on any atom is 0.124 e. The molecule has 3 heteroatoms. The van der Waals surface area contributed by atoms with Gasteiger partial charge in [0.1, 0.15) is 5.82 Å². The van der Waals surface area contributed by atoms with Gasteiger partial charge in [0.25, 0.3) is 0 Å². The zero-order valence-electron chi connectivity index (χ0n) is 10.5. The van der Waals surface area contributed by atoms with Gasteiger partial charge in [0.2, 0.25) is 0 Å². The quantitative estimate of drug-likeness (QED) is 0.850. The fourth-order valence-electron chi connectivity index (χ4n) is 2.29. The average molecular weight is 229 g/mol. The van der Waals surface area contributed by atoms with E-state index in [-0.39, 0.29) is 6.04 Å². The Morgan fingerprint density at radius 1 is 1.35 bits per heavy atom. The monoisotopic (exact) mass is 229 g/mol. The van der Waals surface area contributed by atoms with E-state index in [9.17, 15) is 0 Å². The van der Waals surface area contributed by atoms with Gasteiger partial charge in [-0.15, -0.1) is 0 Å². The molecule has 1 unspecified atom stereocenters. The van der Waals surface area contributed by atoms with Crippen LogP contribution in [0.15, 0.2) is 12.1 Å². The summed E-state index contributed by atoms with van der Waals surface area (Å²) in [6, 6.07) is 4.36. The van der Waals surface area contributed by atoms with Crippen LogP contribution in [0.2, 0.25) is 0 Å². The van der Waals surface area contributed by atoms with Gasteiger partial charge in [-0.2, -0.15) is 0 Å². The molecule has 3 nitrogen and oxygen atoms in total. The van der Waals surface area contributed by atoms with Crippen LogP contribution in [0.3, 0.4) is 0 Å². The summed E-state index contributed by atoms with van der Waals surface area (Å²) in [6.07, 6.45) is 3.75. The molecule has 1 fully saturated rings. The van der Waals surface area contributed by atoms with Crippen molar-refractivity contribution < 1.29 is 0 Å². The number of hydrogen-bond acceptors (Lipinski definition) is 2. The summed E-state index contributed by atoms with van der Waals surface area (Å²) in [4.78, 5) is 7.98. The van der Waals surface area contributed by atoms with E-state index in [2.05, 4.69) is 35.9 Å². The largest absolute Gasteiger partial charge is 0.341 e. The number of aromatic nitrogens is 2. The molecule has 1 heterocycles. The highest BCUT2D eigenvalue weighted by Gasteiger charge is 2.25. The highest BCUT2D eigenvalue weighted by atomic mass is 15.0. The maximum atomic E-state index is 6.18. The van der Waals surface area contributed by atoms with Crippen LogP contribution in [0.1, 0.15) is 42.3 Å². The van der Waals surface area contributed by atoms with Crippen molar-refractivity contribution in [2.24, 2.45) is 11.7 Å². The number of aromatic amines is 1. The molecule has 1 aromatic heterocycles. The molecule has 0 amide bonds. The van der Waals surface area contributed by atoms with Crippen LogP contribution < -0.4 is 5.73 Å². The third-order valence-electron chi connectivity index (χ3n) is 3.75. The topological polar surface area (TPSA) is 54.7 Å². The maximum absolute atomic E-state index is 6.18. The number of nitrogens with zero attached hydrogens (tertiary/aromatic N) is 1. The second-order valence-corrected chi connectivity index (χ2v) is 5.36. The number of rotatable bonds is 3. The fourth-order valence-corrected chi connectivity index (χ4v) is 2.29. The Labute approximate surface area is 101 Å². The molecular formula is C14H19N3. The minimum absolute atomic E-state index is 0.0653. The number of aryl methyl sites for hydroxylation is 2. The van der Waals surface area contributed by atoms with E-state index in [0.717, 1.165) is 29.2 Å². The van der Waals surface area contributed by atoms with Crippen molar-refractivity contribution in [2.75, 3.05) is 0 Å². The predicted molar refractivity (Wildman–Crippen MR) is 69.8 cm³/mol. The summed E-state index contributed by atoms with van der Waals surface area (Å²) < 4.78 is 0. The van der Waals surface area contributed by atoms with Crippen LogP contribution in [-0.2, 0) is 0 Å². The Hall–Kier alpha value is -1.35. The number of nitrogens with two attached hydrogens (primary N) is 1. The first-order valence-corrected chi connectivity index (χ1v) is 6.36. The van der Waals surface area contributed by atoms with E-state index < -0.39 is 0 Å². The lowest BCUT2D eigenvalue weighted by atomic mass is 10.1. The molecule has 1 atom stereocenters. The van der Waals surface area contributed by atoms with Crippen molar-refractivity contribution in [3.8, 4) is 0 Å². The molecule has 0 aliphatic heterocycles. The van der Waals surface area contributed by atoms with E-state index in [1.807, 2.05) is 0 Å². The van der Waals surface area contributed by atoms with E-state index in [0.29, 0.717) is 0 Å². The normalized spacial score (nSPS) is 17.6. The predicted octanol–water partition coefficient (Wildman–Crippen LogP) is 2.98. The fraction of sp³-hybridized carbons (Fsp3) is 0.500. The minimum atomic E-state index is 0.0653. The smallest absolute Gasteiger partial charge is 0.124 e. The van der Waals surface area contributed by atoms with Crippen molar-refractivity contribution >= 4 is 11.0 Å². The molecule has 0 radical (unpaired) electrons. The first-order chi connectivity index (χ1) is 8.13. The van der Waals surface area contributed by atoms with Crippen molar-refractivity contribution in [1.29, 1.82) is 0 Å². The van der Waals surface area contributed by atoms with Crippen LogP contribution >= 0.6 is 0 Å². The van der Waals surface area contributed by atoms with Gasteiger partial charge in [-0.1, -0.05) is 12.8 Å². The van der Waals surface area contributed by atoms with Gasteiger partial charge in [0.15, 0.2) is 0 Å². The number of nitrogens with one attached hydrogen (secondary N) is 1. The van der Waals surface area contributed by atoms with Crippen LogP contribution in [0.25, 0.3) is 11.0 Å². The van der Waals surface area contributed by atoms with E-state index in [4.69, 9.17) is 5.73 Å². The van der Waals surface area contributed by atoms with Crippen molar-refractivity contribution in [2.45, 2.75) is 39.2 Å². The Bertz CT molecular complexity index is 513. The molecule has 0 bridgehead atoms. The van der Waals surface area contributed by atoms with Crippen LogP contribution in [0, 0.1) is 19.8 Å². The number of H-pyrrole nitrogens is 1. The van der Waals surface area contributed by atoms with Crippen molar-refractivity contribution in [3.05, 3.63) is 29.1 Å².